The van der Waals surface area contributed by atoms with Gasteiger partial charge in [-0.3, -0.25) is 0 Å². The lowest BCUT2D eigenvalue weighted by Crippen LogP contribution is -2.01. The summed E-state index contributed by atoms with van der Waals surface area (Å²) in [5.74, 6) is 0. The molecule has 0 aliphatic heterocycles. The Kier molecular flexibility index (Phi) is 4.74. The monoisotopic (exact) mass is 324 g/mol. The van der Waals surface area contributed by atoms with Crippen molar-refractivity contribution in [1.82, 2.24) is 9.55 Å². The highest BCUT2D eigenvalue weighted by Gasteiger charge is 2.06. The summed E-state index contributed by atoms with van der Waals surface area (Å²) in [4.78, 5) is 4.18. The minimum atomic E-state index is 0.639. The van der Waals surface area contributed by atoms with E-state index in [9.17, 15) is 0 Å². The zero-order valence-corrected chi connectivity index (χ0v) is 13.8. The van der Waals surface area contributed by atoms with Crippen molar-refractivity contribution in [3.63, 3.8) is 0 Å². The predicted octanol–water partition coefficient (Wildman–Crippen LogP) is 4.18. The molecule has 0 unspecified atom stereocenters. The number of hydrogen-bond acceptors (Lipinski definition) is 3. The van der Waals surface area contributed by atoms with Crippen molar-refractivity contribution in [1.29, 1.82) is 10.5 Å². The first-order valence-corrected chi connectivity index (χ1v) is 7.87. The predicted molar refractivity (Wildman–Crippen MR) is 97.1 cm³/mol. The lowest BCUT2D eigenvalue weighted by atomic mass is 10.0. The molecular weight excluding hydrogens is 308 g/mol. The van der Waals surface area contributed by atoms with Crippen molar-refractivity contribution in [2.75, 3.05) is 0 Å². The van der Waals surface area contributed by atoms with E-state index < -0.39 is 0 Å². The van der Waals surface area contributed by atoms with Gasteiger partial charge in [0.25, 0.3) is 0 Å². The second kappa shape index (κ2) is 7.29. The number of allylic oxidation sites excluding steroid dienone is 1. The van der Waals surface area contributed by atoms with Gasteiger partial charge in [0.05, 0.1) is 29.6 Å². The van der Waals surface area contributed by atoms with Crippen LogP contribution in [0.15, 0.2) is 61.1 Å². The third-order valence-electron chi connectivity index (χ3n) is 4.03. The number of aromatic nitrogens is 2. The van der Waals surface area contributed by atoms with E-state index in [1.54, 1.807) is 0 Å². The molecule has 0 N–H and O–H groups in total. The smallest absolute Gasteiger partial charge is 0.0991 e. The molecule has 0 aliphatic carbocycles. The molecule has 0 bridgehead atoms. The van der Waals surface area contributed by atoms with Gasteiger partial charge in [0.2, 0.25) is 0 Å². The van der Waals surface area contributed by atoms with Crippen LogP contribution >= 0.6 is 0 Å². The van der Waals surface area contributed by atoms with Gasteiger partial charge in [0.1, 0.15) is 0 Å². The summed E-state index contributed by atoms with van der Waals surface area (Å²) in [6.07, 6.45) is 5.74. The third kappa shape index (κ3) is 3.83. The average molecular weight is 324 g/mol. The van der Waals surface area contributed by atoms with Crippen LogP contribution in [0.2, 0.25) is 0 Å². The van der Waals surface area contributed by atoms with Crippen LogP contribution in [0.5, 0.6) is 0 Å². The molecule has 0 spiro atoms. The summed E-state index contributed by atoms with van der Waals surface area (Å²) in [6.45, 7) is 2.70. The van der Waals surface area contributed by atoms with Crippen LogP contribution in [-0.4, -0.2) is 9.55 Å². The molecule has 0 saturated carbocycles. The average Bonchev–Trinajstić information content (AvgIpc) is 3.06. The van der Waals surface area contributed by atoms with Crippen LogP contribution in [0, 0.1) is 29.6 Å². The minimum Gasteiger partial charge on any atom is -0.330 e. The van der Waals surface area contributed by atoms with Gasteiger partial charge in [-0.05, 0) is 54.0 Å². The first-order valence-electron chi connectivity index (χ1n) is 7.87. The Bertz CT molecular complexity index is 978. The van der Waals surface area contributed by atoms with Gasteiger partial charge >= 0.3 is 0 Å². The standard InChI is InChI=1S/C21H16N4/c1-16-13-24-15-25(16)14-21(20-8-6-19(12-23)7-9-20)10-17-2-4-18(11-22)5-3-17/h2-10,13,15H,14H2,1H3/b21-10-. The molecule has 0 aliphatic rings. The molecular formula is C21H16N4. The fourth-order valence-electron chi connectivity index (χ4n) is 2.57. The molecule has 4 heteroatoms. The normalized spacial score (nSPS) is 10.9. The molecule has 1 heterocycles. The Morgan fingerprint density at radius 1 is 1.00 bits per heavy atom. The highest BCUT2D eigenvalue weighted by molar-refractivity contribution is 5.81. The van der Waals surface area contributed by atoms with E-state index in [4.69, 9.17) is 10.5 Å². The Morgan fingerprint density at radius 3 is 2.12 bits per heavy atom. The van der Waals surface area contributed by atoms with Crippen LogP contribution in [0.4, 0.5) is 0 Å². The van der Waals surface area contributed by atoms with Gasteiger partial charge in [0.15, 0.2) is 0 Å². The first-order chi connectivity index (χ1) is 12.2. The second-order valence-electron chi connectivity index (χ2n) is 5.76. The van der Waals surface area contributed by atoms with Gasteiger partial charge in [-0.25, -0.2) is 4.98 Å². The van der Waals surface area contributed by atoms with Crippen LogP contribution in [-0.2, 0) is 6.54 Å². The maximum absolute atomic E-state index is 8.99. The second-order valence-corrected chi connectivity index (χ2v) is 5.76. The van der Waals surface area contributed by atoms with E-state index >= 15 is 0 Å². The quantitative estimate of drug-likeness (QED) is 0.676. The fraction of sp³-hybridized carbons (Fsp3) is 0.0952. The third-order valence-corrected chi connectivity index (χ3v) is 4.03. The Labute approximate surface area is 146 Å². The largest absolute Gasteiger partial charge is 0.330 e. The molecule has 3 rings (SSSR count). The number of benzene rings is 2. The molecule has 0 amide bonds. The topological polar surface area (TPSA) is 65.4 Å². The van der Waals surface area contributed by atoms with E-state index in [1.807, 2.05) is 68.0 Å². The van der Waals surface area contributed by atoms with Gasteiger partial charge in [-0.1, -0.05) is 24.3 Å². The maximum Gasteiger partial charge on any atom is 0.0991 e. The van der Waals surface area contributed by atoms with Crippen molar-refractivity contribution >= 4 is 11.6 Å². The van der Waals surface area contributed by atoms with Gasteiger partial charge in [-0.15, -0.1) is 0 Å². The first kappa shape index (κ1) is 16.2. The highest BCUT2D eigenvalue weighted by atomic mass is 15.0. The zero-order valence-electron chi connectivity index (χ0n) is 13.8. The van der Waals surface area contributed by atoms with E-state index in [0.717, 1.165) is 22.4 Å². The lowest BCUT2D eigenvalue weighted by molar-refractivity contribution is 0.805. The maximum atomic E-state index is 8.99. The van der Waals surface area contributed by atoms with Crippen molar-refractivity contribution in [3.05, 3.63) is 89.0 Å². The Hall–Kier alpha value is -3.63. The number of imidazole rings is 1. The van der Waals surface area contributed by atoms with E-state index in [-0.39, 0.29) is 0 Å². The Balaban J connectivity index is 2.00. The van der Waals surface area contributed by atoms with Crippen molar-refractivity contribution in [3.8, 4) is 12.1 Å². The van der Waals surface area contributed by atoms with Crippen LogP contribution in [0.25, 0.3) is 11.6 Å². The van der Waals surface area contributed by atoms with Crippen LogP contribution in [0.3, 0.4) is 0 Å². The van der Waals surface area contributed by atoms with Gasteiger partial charge < -0.3 is 4.57 Å². The number of rotatable bonds is 4. The molecule has 2 aromatic carbocycles. The summed E-state index contributed by atoms with van der Waals surface area (Å²) in [5, 5.41) is 17.9. The molecule has 0 saturated heterocycles. The van der Waals surface area contributed by atoms with E-state index in [1.165, 1.54) is 0 Å². The summed E-state index contributed by atoms with van der Waals surface area (Å²) < 4.78 is 2.08. The summed E-state index contributed by atoms with van der Waals surface area (Å²) >= 11 is 0. The number of nitrogens with zero attached hydrogens (tertiary/aromatic N) is 4. The zero-order chi connectivity index (χ0) is 17.6. The molecule has 3 aromatic rings. The van der Waals surface area contributed by atoms with E-state index in [0.29, 0.717) is 17.7 Å². The molecule has 4 nitrogen and oxygen atoms in total. The summed E-state index contributed by atoms with van der Waals surface area (Å²) in [6, 6.07) is 19.3. The van der Waals surface area contributed by atoms with Crippen LogP contribution < -0.4 is 0 Å². The van der Waals surface area contributed by atoms with Gasteiger partial charge in [0, 0.05) is 18.4 Å². The number of aryl methyl sites for hydroxylation is 1. The van der Waals surface area contributed by atoms with E-state index in [2.05, 4.69) is 27.8 Å². The molecule has 1 aromatic heterocycles. The summed E-state index contributed by atoms with van der Waals surface area (Å²) in [7, 11) is 0. The number of nitriles is 2. The van der Waals surface area contributed by atoms with Crippen molar-refractivity contribution < 1.29 is 0 Å². The molecule has 0 atom stereocenters. The molecule has 0 radical (unpaired) electrons. The minimum absolute atomic E-state index is 0.639. The summed E-state index contributed by atoms with van der Waals surface area (Å²) in [5.41, 5.74) is 5.55. The van der Waals surface area contributed by atoms with Crippen LogP contribution in [0.1, 0.15) is 27.9 Å². The molecule has 0 fully saturated rings. The number of hydrogen-bond donors (Lipinski definition) is 0. The highest BCUT2D eigenvalue weighted by Crippen LogP contribution is 2.22. The lowest BCUT2D eigenvalue weighted by Gasteiger charge is -2.11. The van der Waals surface area contributed by atoms with Crippen molar-refractivity contribution in [2.24, 2.45) is 0 Å². The molecule has 25 heavy (non-hydrogen) atoms. The van der Waals surface area contributed by atoms with Crippen molar-refractivity contribution in [2.45, 2.75) is 13.5 Å². The Morgan fingerprint density at radius 2 is 1.60 bits per heavy atom. The molecule has 120 valence electrons. The van der Waals surface area contributed by atoms with Gasteiger partial charge in [-0.2, -0.15) is 10.5 Å². The SMILES string of the molecule is Cc1cncn1C/C(=C/c1ccc(C#N)cc1)c1ccc(C#N)cc1. The fourth-order valence-corrected chi connectivity index (χ4v) is 2.57.